The number of rotatable bonds is 3. The average molecular weight is 254 g/mol. The van der Waals surface area contributed by atoms with E-state index in [1.165, 1.54) is 0 Å². The van der Waals surface area contributed by atoms with Crippen LogP contribution < -0.4 is 10.5 Å². The maximum Gasteiger partial charge on any atom is 0.282 e. The van der Waals surface area contributed by atoms with Gasteiger partial charge in [0.05, 0.1) is 6.54 Å². The van der Waals surface area contributed by atoms with Crippen molar-refractivity contribution in [2.24, 2.45) is 10.7 Å². The first kappa shape index (κ1) is 11.6. The summed E-state index contributed by atoms with van der Waals surface area (Å²) in [6.07, 6.45) is -0.112. The van der Waals surface area contributed by atoms with Crippen LogP contribution in [0.1, 0.15) is 11.7 Å². The number of nitrogens with zero attached hydrogens (tertiary/aromatic N) is 1. The quantitative estimate of drug-likeness (QED) is 0.916. The van der Waals surface area contributed by atoms with Crippen LogP contribution in [0.15, 0.2) is 59.6 Å². The summed E-state index contributed by atoms with van der Waals surface area (Å²) in [5.74, 6) is 1.58. The normalized spacial score (nSPS) is 17.7. The molecule has 2 aromatic carbocycles. The molecule has 0 aromatic heterocycles. The number of hydrogen-bond acceptors (Lipinski definition) is 4. The molecule has 1 aliphatic heterocycles. The largest absolute Gasteiger partial charge is 0.457 e. The van der Waals surface area contributed by atoms with Gasteiger partial charge < -0.3 is 15.2 Å². The molecule has 0 saturated heterocycles. The van der Waals surface area contributed by atoms with E-state index in [0.29, 0.717) is 6.54 Å². The summed E-state index contributed by atoms with van der Waals surface area (Å²) in [4.78, 5) is 4.04. The van der Waals surface area contributed by atoms with Crippen molar-refractivity contribution in [1.29, 1.82) is 0 Å². The van der Waals surface area contributed by atoms with E-state index < -0.39 is 0 Å². The highest BCUT2D eigenvalue weighted by molar-refractivity contribution is 5.73. The van der Waals surface area contributed by atoms with Crippen molar-refractivity contribution in [3.63, 3.8) is 0 Å². The molecule has 1 aliphatic rings. The molecule has 0 amide bonds. The maximum atomic E-state index is 5.78. The van der Waals surface area contributed by atoms with Gasteiger partial charge in [0, 0.05) is 0 Å². The number of nitrogens with two attached hydrogens (primary N) is 1. The van der Waals surface area contributed by atoms with Crippen LogP contribution in [0.5, 0.6) is 11.5 Å². The number of hydrogen-bond donors (Lipinski definition) is 1. The first-order chi connectivity index (χ1) is 9.31. The Morgan fingerprint density at radius 2 is 1.84 bits per heavy atom. The molecule has 0 spiro atoms. The lowest BCUT2D eigenvalue weighted by Gasteiger charge is -2.12. The van der Waals surface area contributed by atoms with Crippen LogP contribution in [0.3, 0.4) is 0 Å². The minimum absolute atomic E-state index is 0.112. The molecule has 19 heavy (non-hydrogen) atoms. The van der Waals surface area contributed by atoms with Crippen molar-refractivity contribution in [2.75, 3.05) is 6.54 Å². The van der Waals surface area contributed by atoms with Gasteiger partial charge in [0.2, 0.25) is 0 Å². The van der Waals surface area contributed by atoms with E-state index in [9.17, 15) is 0 Å². The van der Waals surface area contributed by atoms with E-state index in [0.717, 1.165) is 17.1 Å². The zero-order valence-corrected chi connectivity index (χ0v) is 10.3. The summed E-state index contributed by atoms with van der Waals surface area (Å²) >= 11 is 0. The molecule has 1 heterocycles. The third kappa shape index (κ3) is 2.68. The molecular weight excluding hydrogens is 240 g/mol. The Morgan fingerprint density at radius 3 is 2.58 bits per heavy atom. The van der Waals surface area contributed by atoms with E-state index in [2.05, 4.69) is 4.99 Å². The number of ether oxygens (including phenoxy) is 2. The fraction of sp³-hybridized carbons (Fsp3) is 0.133. The van der Waals surface area contributed by atoms with Gasteiger partial charge >= 0.3 is 0 Å². The van der Waals surface area contributed by atoms with E-state index in [-0.39, 0.29) is 12.1 Å². The molecule has 0 radical (unpaired) electrons. The highest BCUT2D eigenvalue weighted by Gasteiger charge is 2.19. The van der Waals surface area contributed by atoms with Crippen LogP contribution in [-0.2, 0) is 4.74 Å². The SMILES string of the molecule is NC1=NCC(c2cccc(Oc3ccccc3)c2)O1. The van der Waals surface area contributed by atoms with E-state index in [4.69, 9.17) is 15.2 Å². The molecule has 96 valence electrons. The van der Waals surface area contributed by atoms with Gasteiger partial charge in [-0.15, -0.1) is 0 Å². The zero-order chi connectivity index (χ0) is 13.1. The summed E-state index contributed by atoms with van der Waals surface area (Å²) in [5, 5.41) is 0. The second-order valence-electron chi connectivity index (χ2n) is 4.27. The molecule has 4 nitrogen and oxygen atoms in total. The molecule has 1 atom stereocenters. The lowest BCUT2D eigenvalue weighted by molar-refractivity contribution is 0.226. The zero-order valence-electron chi connectivity index (χ0n) is 10.3. The molecule has 0 saturated carbocycles. The summed E-state index contributed by atoms with van der Waals surface area (Å²) in [6.45, 7) is 0.556. The fourth-order valence-electron chi connectivity index (χ4n) is 1.97. The van der Waals surface area contributed by atoms with Gasteiger partial charge in [-0.1, -0.05) is 30.3 Å². The van der Waals surface area contributed by atoms with Crippen molar-refractivity contribution in [2.45, 2.75) is 6.10 Å². The van der Waals surface area contributed by atoms with Crippen LogP contribution in [0.25, 0.3) is 0 Å². The van der Waals surface area contributed by atoms with Crippen molar-refractivity contribution in [1.82, 2.24) is 0 Å². The van der Waals surface area contributed by atoms with Crippen LogP contribution in [0.2, 0.25) is 0 Å². The second-order valence-corrected chi connectivity index (χ2v) is 4.27. The Kier molecular flexibility index (Phi) is 3.06. The number of aliphatic imine (C=N–C) groups is 1. The average Bonchev–Trinajstić information content (AvgIpc) is 2.87. The lowest BCUT2D eigenvalue weighted by Crippen LogP contribution is -2.13. The molecule has 3 rings (SSSR count). The minimum atomic E-state index is -0.112. The summed E-state index contributed by atoms with van der Waals surface area (Å²) in [5.41, 5.74) is 6.53. The summed E-state index contributed by atoms with van der Waals surface area (Å²) < 4.78 is 11.2. The molecule has 1 unspecified atom stereocenters. The monoisotopic (exact) mass is 254 g/mol. The smallest absolute Gasteiger partial charge is 0.282 e. The van der Waals surface area contributed by atoms with Crippen molar-refractivity contribution < 1.29 is 9.47 Å². The van der Waals surface area contributed by atoms with Gasteiger partial charge in [0.1, 0.15) is 17.6 Å². The Balaban J connectivity index is 1.77. The molecule has 0 bridgehead atoms. The van der Waals surface area contributed by atoms with Crippen molar-refractivity contribution in [3.05, 3.63) is 60.2 Å². The van der Waals surface area contributed by atoms with Gasteiger partial charge in [-0.05, 0) is 29.8 Å². The third-order valence-electron chi connectivity index (χ3n) is 2.88. The fourth-order valence-corrected chi connectivity index (χ4v) is 1.97. The van der Waals surface area contributed by atoms with Gasteiger partial charge in [0.15, 0.2) is 0 Å². The first-order valence-electron chi connectivity index (χ1n) is 6.11. The molecule has 0 fully saturated rings. The molecule has 2 N–H and O–H groups in total. The van der Waals surface area contributed by atoms with Gasteiger partial charge in [-0.2, -0.15) is 0 Å². The number of para-hydroxylation sites is 1. The number of benzene rings is 2. The number of amidine groups is 1. The van der Waals surface area contributed by atoms with E-state index in [1.54, 1.807) is 0 Å². The van der Waals surface area contributed by atoms with Gasteiger partial charge in [-0.25, -0.2) is 4.99 Å². The third-order valence-corrected chi connectivity index (χ3v) is 2.88. The van der Waals surface area contributed by atoms with Gasteiger partial charge in [-0.3, -0.25) is 0 Å². The Morgan fingerprint density at radius 1 is 1.05 bits per heavy atom. The summed E-state index contributed by atoms with van der Waals surface area (Å²) in [7, 11) is 0. The van der Waals surface area contributed by atoms with E-state index >= 15 is 0 Å². The maximum absolute atomic E-state index is 5.78. The van der Waals surface area contributed by atoms with Crippen LogP contribution in [-0.4, -0.2) is 12.6 Å². The summed E-state index contributed by atoms with van der Waals surface area (Å²) in [6, 6.07) is 17.7. The topological polar surface area (TPSA) is 56.8 Å². The van der Waals surface area contributed by atoms with Crippen molar-refractivity contribution in [3.8, 4) is 11.5 Å². The highest BCUT2D eigenvalue weighted by atomic mass is 16.5. The van der Waals surface area contributed by atoms with Crippen molar-refractivity contribution >= 4 is 6.02 Å². The van der Waals surface area contributed by atoms with Crippen LogP contribution in [0, 0.1) is 0 Å². The first-order valence-corrected chi connectivity index (χ1v) is 6.11. The lowest BCUT2D eigenvalue weighted by atomic mass is 10.1. The Hall–Kier alpha value is -2.49. The van der Waals surface area contributed by atoms with E-state index in [1.807, 2.05) is 54.6 Å². The minimum Gasteiger partial charge on any atom is -0.457 e. The molecule has 2 aromatic rings. The highest BCUT2D eigenvalue weighted by Crippen LogP contribution is 2.27. The molecule has 4 heteroatoms. The predicted octanol–water partition coefficient (Wildman–Crippen LogP) is 2.86. The van der Waals surface area contributed by atoms with Crippen LogP contribution >= 0.6 is 0 Å². The second kappa shape index (κ2) is 5.02. The van der Waals surface area contributed by atoms with Crippen LogP contribution in [0.4, 0.5) is 0 Å². The predicted molar refractivity (Wildman–Crippen MR) is 73.3 cm³/mol. The Labute approximate surface area is 111 Å². The molecular formula is C15H14N2O2. The standard InChI is InChI=1S/C15H14N2O2/c16-15-17-10-14(19-15)11-5-4-8-13(9-11)18-12-6-2-1-3-7-12/h1-9,14H,10H2,(H2,16,17). The Bertz CT molecular complexity index is 596. The van der Waals surface area contributed by atoms with Gasteiger partial charge in [0.25, 0.3) is 6.02 Å². The molecule has 0 aliphatic carbocycles.